The van der Waals surface area contributed by atoms with Crippen molar-refractivity contribution in [2.45, 2.75) is 9.79 Å². The van der Waals surface area contributed by atoms with Crippen LogP contribution in [0, 0.1) is 10.1 Å². The van der Waals surface area contributed by atoms with Gasteiger partial charge in [-0.3, -0.25) is 19.9 Å². The number of aromatic nitrogens is 1. The lowest BCUT2D eigenvalue weighted by atomic mass is 10.2. The SMILES string of the molecule is O=C(N/N=C\c1ccc(Sc2ccc(Cl)cc2)c([N+](=O)[O-])c1)c1cccnc1. The van der Waals surface area contributed by atoms with E-state index in [9.17, 15) is 14.9 Å². The van der Waals surface area contributed by atoms with Gasteiger partial charge in [-0.15, -0.1) is 0 Å². The fourth-order valence-electron chi connectivity index (χ4n) is 2.20. The van der Waals surface area contributed by atoms with Gasteiger partial charge in [-0.2, -0.15) is 5.10 Å². The van der Waals surface area contributed by atoms with Crippen molar-refractivity contribution < 1.29 is 9.72 Å². The van der Waals surface area contributed by atoms with Gasteiger partial charge in [0.1, 0.15) is 0 Å². The standard InChI is InChI=1S/C19H13ClN4O3S/c20-15-4-6-16(7-5-15)28-18-8-3-13(10-17(18)24(26)27)11-22-23-19(25)14-2-1-9-21-12-14/h1-12H,(H,23,25)/b22-11-. The van der Waals surface area contributed by atoms with Crippen molar-refractivity contribution >= 4 is 41.2 Å². The summed E-state index contributed by atoms with van der Waals surface area (Å²) < 4.78 is 0. The zero-order chi connectivity index (χ0) is 19.9. The number of amides is 1. The van der Waals surface area contributed by atoms with Crippen molar-refractivity contribution in [2.75, 3.05) is 0 Å². The first-order chi connectivity index (χ1) is 13.5. The van der Waals surface area contributed by atoms with E-state index in [1.54, 1.807) is 54.7 Å². The first-order valence-corrected chi connectivity index (χ1v) is 9.17. The predicted molar refractivity (Wildman–Crippen MR) is 108 cm³/mol. The summed E-state index contributed by atoms with van der Waals surface area (Å²) in [7, 11) is 0. The third-order valence-corrected chi connectivity index (χ3v) is 4.85. The van der Waals surface area contributed by atoms with E-state index in [1.165, 1.54) is 30.2 Å². The number of carbonyl (C=O) groups excluding carboxylic acids is 1. The lowest BCUT2D eigenvalue weighted by Crippen LogP contribution is -2.17. The Morgan fingerprint density at radius 1 is 1.21 bits per heavy atom. The number of halogens is 1. The summed E-state index contributed by atoms with van der Waals surface area (Å²) in [6.45, 7) is 0. The summed E-state index contributed by atoms with van der Waals surface area (Å²) >= 11 is 7.13. The Morgan fingerprint density at radius 2 is 2.00 bits per heavy atom. The Hall–Kier alpha value is -3.23. The number of pyridine rings is 1. The van der Waals surface area contributed by atoms with Crippen LogP contribution in [0.15, 0.2) is 81.9 Å². The second-order valence-corrected chi connectivity index (χ2v) is 7.03. The molecule has 0 aliphatic carbocycles. The van der Waals surface area contributed by atoms with Crippen molar-refractivity contribution in [2.24, 2.45) is 5.10 Å². The average molecular weight is 413 g/mol. The van der Waals surface area contributed by atoms with Gasteiger partial charge in [0.15, 0.2) is 0 Å². The minimum atomic E-state index is -0.455. The van der Waals surface area contributed by atoms with Crippen LogP contribution in [-0.2, 0) is 0 Å². The molecule has 0 aliphatic heterocycles. The monoisotopic (exact) mass is 412 g/mol. The maximum absolute atomic E-state index is 11.9. The summed E-state index contributed by atoms with van der Waals surface area (Å²) in [6.07, 6.45) is 4.32. The molecule has 1 amide bonds. The predicted octanol–water partition coefficient (Wildman–Crippen LogP) is 4.56. The van der Waals surface area contributed by atoms with E-state index in [1.807, 2.05) is 0 Å². The van der Waals surface area contributed by atoms with E-state index in [2.05, 4.69) is 15.5 Å². The van der Waals surface area contributed by atoms with Gasteiger partial charge in [-0.05, 0) is 42.5 Å². The second-order valence-electron chi connectivity index (χ2n) is 5.48. The molecule has 1 N–H and O–H groups in total. The highest BCUT2D eigenvalue weighted by Crippen LogP contribution is 2.35. The van der Waals surface area contributed by atoms with Crippen LogP contribution in [0.3, 0.4) is 0 Å². The smallest absolute Gasteiger partial charge is 0.267 e. The quantitative estimate of drug-likeness (QED) is 0.363. The lowest BCUT2D eigenvalue weighted by Gasteiger charge is -2.04. The van der Waals surface area contributed by atoms with Crippen LogP contribution >= 0.6 is 23.4 Å². The van der Waals surface area contributed by atoms with E-state index in [0.29, 0.717) is 21.0 Å². The molecular formula is C19H13ClN4O3S. The number of nitro groups is 1. The van der Waals surface area contributed by atoms with Gasteiger partial charge < -0.3 is 0 Å². The fraction of sp³-hybridized carbons (Fsp3) is 0. The molecule has 3 aromatic rings. The van der Waals surface area contributed by atoms with Crippen molar-refractivity contribution in [3.05, 3.63) is 93.3 Å². The van der Waals surface area contributed by atoms with Crippen molar-refractivity contribution in [1.82, 2.24) is 10.4 Å². The molecule has 1 heterocycles. The van der Waals surface area contributed by atoms with E-state index in [-0.39, 0.29) is 5.69 Å². The molecular weight excluding hydrogens is 400 g/mol. The highest BCUT2D eigenvalue weighted by Gasteiger charge is 2.15. The Kier molecular flexibility index (Phi) is 6.36. The van der Waals surface area contributed by atoms with Gasteiger partial charge in [0.05, 0.1) is 21.6 Å². The number of hydrogen-bond acceptors (Lipinski definition) is 6. The molecule has 0 spiro atoms. The molecule has 140 valence electrons. The number of hydrogen-bond donors (Lipinski definition) is 1. The maximum Gasteiger partial charge on any atom is 0.283 e. The fourth-order valence-corrected chi connectivity index (χ4v) is 3.23. The number of nitro benzene ring substituents is 1. The highest BCUT2D eigenvalue weighted by atomic mass is 35.5. The number of hydrazone groups is 1. The van der Waals surface area contributed by atoms with Crippen molar-refractivity contribution in [3.63, 3.8) is 0 Å². The highest BCUT2D eigenvalue weighted by molar-refractivity contribution is 7.99. The second kappa shape index (κ2) is 9.12. The molecule has 7 nitrogen and oxygen atoms in total. The molecule has 0 radical (unpaired) electrons. The maximum atomic E-state index is 11.9. The van der Waals surface area contributed by atoms with Crippen LogP contribution in [0.4, 0.5) is 5.69 Å². The van der Waals surface area contributed by atoms with E-state index < -0.39 is 10.8 Å². The summed E-state index contributed by atoms with van der Waals surface area (Å²) in [5.74, 6) is -0.422. The summed E-state index contributed by atoms with van der Waals surface area (Å²) in [6, 6.07) is 15.0. The molecule has 0 saturated heterocycles. The largest absolute Gasteiger partial charge is 0.283 e. The normalized spacial score (nSPS) is 10.8. The topological polar surface area (TPSA) is 97.5 Å². The zero-order valence-electron chi connectivity index (χ0n) is 14.3. The number of rotatable bonds is 6. The Bertz CT molecular complexity index is 1030. The van der Waals surface area contributed by atoms with Gasteiger partial charge in [0.25, 0.3) is 11.6 Å². The summed E-state index contributed by atoms with van der Waals surface area (Å²) in [4.78, 5) is 28.1. The molecule has 0 aliphatic rings. The van der Waals surface area contributed by atoms with Crippen LogP contribution < -0.4 is 5.43 Å². The van der Waals surface area contributed by atoms with Gasteiger partial charge in [-0.25, -0.2) is 5.43 Å². The lowest BCUT2D eigenvalue weighted by molar-refractivity contribution is -0.387. The molecule has 0 atom stereocenters. The first-order valence-electron chi connectivity index (χ1n) is 7.98. The molecule has 3 rings (SSSR count). The molecule has 2 aromatic carbocycles. The van der Waals surface area contributed by atoms with E-state index in [4.69, 9.17) is 11.6 Å². The third-order valence-electron chi connectivity index (χ3n) is 3.52. The van der Waals surface area contributed by atoms with E-state index >= 15 is 0 Å². The minimum Gasteiger partial charge on any atom is -0.267 e. The average Bonchev–Trinajstić information content (AvgIpc) is 2.71. The number of nitrogens with one attached hydrogen (secondary N) is 1. The van der Waals surface area contributed by atoms with Crippen molar-refractivity contribution in [1.29, 1.82) is 0 Å². The molecule has 0 fully saturated rings. The first kappa shape index (κ1) is 19.5. The van der Waals surface area contributed by atoms with Gasteiger partial charge in [-0.1, -0.05) is 29.4 Å². The summed E-state index contributed by atoms with van der Waals surface area (Å²) in [5.41, 5.74) is 3.15. The molecule has 0 unspecified atom stereocenters. The molecule has 0 saturated carbocycles. The van der Waals surface area contributed by atoms with Gasteiger partial charge in [0.2, 0.25) is 0 Å². The van der Waals surface area contributed by atoms with Crippen LogP contribution in [-0.4, -0.2) is 22.0 Å². The Balaban J connectivity index is 1.74. The van der Waals surface area contributed by atoms with Crippen LogP contribution in [0.5, 0.6) is 0 Å². The molecule has 9 heteroatoms. The van der Waals surface area contributed by atoms with Crippen LogP contribution in [0.25, 0.3) is 0 Å². The molecule has 28 heavy (non-hydrogen) atoms. The minimum absolute atomic E-state index is 0.0533. The van der Waals surface area contributed by atoms with Crippen LogP contribution in [0.2, 0.25) is 5.02 Å². The number of carbonyl (C=O) groups is 1. The van der Waals surface area contributed by atoms with Crippen LogP contribution in [0.1, 0.15) is 15.9 Å². The van der Waals surface area contributed by atoms with Gasteiger partial charge in [0, 0.05) is 33.9 Å². The van der Waals surface area contributed by atoms with E-state index in [0.717, 1.165) is 4.90 Å². The molecule has 0 bridgehead atoms. The number of benzene rings is 2. The van der Waals surface area contributed by atoms with Gasteiger partial charge >= 0.3 is 0 Å². The number of nitrogens with zero attached hydrogens (tertiary/aromatic N) is 3. The Morgan fingerprint density at radius 3 is 2.68 bits per heavy atom. The zero-order valence-corrected chi connectivity index (χ0v) is 15.9. The summed E-state index contributed by atoms with van der Waals surface area (Å²) in [5, 5.41) is 15.9. The molecule has 1 aromatic heterocycles. The van der Waals surface area contributed by atoms with Crippen molar-refractivity contribution in [3.8, 4) is 0 Å². The third kappa shape index (κ3) is 5.15. The Labute approximate surface area is 169 Å².